The van der Waals surface area contributed by atoms with Gasteiger partial charge in [0.15, 0.2) is 5.11 Å². The Bertz CT molecular complexity index is 817. The quantitative estimate of drug-likeness (QED) is 0.420. The summed E-state index contributed by atoms with van der Waals surface area (Å²) < 4.78 is 0. The van der Waals surface area contributed by atoms with E-state index in [1.54, 1.807) is 0 Å². The third-order valence-electron chi connectivity index (χ3n) is 5.45. The highest BCUT2D eigenvalue weighted by Crippen LogP contribution is 2.17. The topological polar surface area (TPSA) is 60.8 Å². The molecule has 0 unspecified atom stereocenters. The summed E-state index contributed by atoms with van der Waals surface area (Å²) in [6.07, 6.45) is 0.472. The summed E-state index contributed by atoms with van der Waals surface area (Å²) in [5.41, 5.74) is 8.93. The van der Waals surface area contributed by atoms with Crippen molar-refractivity contribution in [3.05, 3.63) is 60.2 Å². The maximum atomic E-state index is 12.2. The minimum absolute atomic E-state index is 0.0488. The van der Waals surface area contributed by atoms with E-state index in [0.29, 0.717) is 17.5 Å². The smallest absolute Gasteiger partial charge is 0.244 e. The summed E-state index contributed by atoms with van der Waals surface area (Å²) in [4.78, 5) is 16.0. The molecule has 0 bridgehead atoms. The van der Waals surface area contributed by atoms with Crippen LogP contribution in [0.2, 0.25) is 0 Å². The predicted molar refractivity (Wildman–Crippen MR) is 127 cm³/mol. The molecule has 1 saturated heterocycles. The molecule has 0 saturated carbocycles. The van der Waals surface area contributed by atoms with E-state index in [2.05, 4.69) is 71.3 Å². The zero-order chi connectivity index (χ0) is 21.3. The van der Waals surface area contributed by atoms with Crippen LogP contribution in [0.3, 0.4) is 0 Å². The number of amides is 1. The number of quaternary nitrogens is 1. The molecule has 3 rings (SSSR count). The van der Waals surface area contributed by atoms with Crippen molar-refractivity contribution < 1.29 is 9.69 Å². The molecule has 30 heavy (non-hydrogen) atoms. The van der Waals surface area contributed by atoms with E-state index in [9.17, 15) is 4.79 Å². The minimum atomic E-state index is -0.0488. The Hall–Kier alpha value is -2.64. The van der Waals surface area contributed by atoms with Gasteiger partial charge in [-0.3, -0.25) is 15.6 Å². The van der Waals surface area contributed by atoms with E-state index in [1.165, 1.54) is 16.2 Å². The first kappa shape index (κ1) is 22.1. The molecule has 4 N–H and O–H groups in total. The Morgan fingerprint density at radius 3 is 2.33 bits per heavy atom. The zero-order valence-corrected chi connectivity index (χ0v) is 18.6. The van der Waals surface area contributed by atoms with Gasteiger partial charge in [-0.05, 0) is 48.0 Å². The lowest BCUT2D eigenvalue weighted by Gasteiger charge is -2.33. The summed E-state index contributed by atoms with van der Waals surface area (Å²) in [7, 11) is 0. The summed E-state index contributed by atoms with van der Waals surface area (Å²) in [5, 5.41) is 3.46. The molecular weight excluding hydrogens is 394 g/mol. The van der Waals surface area contributed by atoms with Crippen LogP contribution in [0.15, 0.2) is 54.6 Å². The highest BCUT2D eigenvalue weighted by Gasteiger charge is 2.20. The van der Waals surface area contributed by atoms with Crippen molar-refractivity contribution in [3.63, 3.8) is 0 Å². The van der Waals surface area contributed by atoms with Crippen LogP contribution in [0.25, 0.3) is 0 Å². The number of benzene rings is 2. The molecule has 1 heterocycles. The number of rotatable bonds is 6. The van der Waals surface area contributed by atoms with Gasteiger partial charge in [0.25, 0.3) is 0 Å². The molecule has 1 aliphatic heterocycles. The number of anilines is 2. The van der Waals surface area contributed by atoms with Crippen LogP contribution in [0, 0.1) is 0 Å². The van der Waals surface area contributed by atoms with E-state index < -0.39 is 0 Å². The first-order valence-electron chi connectivity index (χ1n) is 10.6. The monoisotopic (exact) mass is 426 g/mol. The molecular formula is C23H32N5OS+. The lowest BCUT2D eigenvalue weighted by molar-refractivity contribution is -0.900. The number of hydrazine groups is 1. The van der Waals surface area contributed by atoms with Gasteiger partial charge in [0.05, 0.1) is 39.1 Å². The maximum absolute atomic E-state index is 12.2. The van der Waals surface area contributed by atoms with Gasteiger partial charge in [0.2, 0.25) is 5.91 Å². The van der Waals surface area contributed by atoms with E-state index >= 15 is 0 Å². The van der Waals surface area contributed by atoms with Crippen molar-refractivity contribution in [3.8, 4) is 0 Å². The lowest BCUT2D eigenvalue weighted by Crippen LogP contribution is -3.15. The normalized spacial score (nSPS) is 14.4. The SMILES string of the molecule is CC(C)c1ccc(NC(=S)NNC(=O)CC[NH+]2CCN(c3ccccc3)CC2)cc1. The highest BCUT2D eigenvalue weighted by atomic mass is 32.1. The predicted octanol–water partition coefficient (Wildman–Crippen LogP) is 1.92. The van der Waals surface area contributed by atoms with Crippen molar-refractivity contribution in [2.24, 2.45) is 0 Å². The standard InChI is InChI=1S/C23H31N5OS/c1-18(2)19-8-10-20(11-9-19)24-23(30)26-25-22(29)12-13-27-14-16-28(17-15-27)21-6-4-3-5-7-21/h3-11,18H,12-17H2,1-2H3,(H,25,29)(H2,24,26,30)/p+1. The van der Waals surface area contributed by atoms with E-state index in [1.807, 2.05) is 18.2 Å². The van der Waals surface area contributed by atoms with Crippen LogP contribution >= 0.6 is 12.2 Å². The molecule has 0 spiro atoms. The Morgan fingerprint density at radius 1 is 1.03 bits per heavy atom. The van der Waals surface area contributed by atoms with Gasteiger partial charge < -0.3 is 15.1 Å². The third kappa shape index (κ3) is 6.71. The van der Waals surface area contributed by atoms with Gasteiger partial charge in [0.1, 0.15) is 0 Å². The largest absolute Gasteiger partial charge is 0.360 e. The van der Waals surface area contributed by atoms with Gasteiger partial charge in [-0.25, -0.2) is 0 Å². The first-order valence-corrected chi connectivity index (χ1v) is 11.0. The number of para-hydroxylation sites is 1. The molecule has 0 aliphatic carbocycles. The van der Waals surface area contributed by atoms with Crippen LogP contribution in [0.5, 0.6) is 0 Å². The number of carbonyl (C=O) groups excluding carboxylic acids is 1. The van der Waals surface area contributed by atoms with Crippen LogP contribution in [0.1, 0.15) is 31.7 Å². The van der Waals surface area contributed by atoms with Gasteiger partial charge in [-0.1, -0.05) is 44.2 Å². The maximum Gasteiger partial charge on any atom is 0.244 e. The van der Waals surface area contributed by atoms with Crippen LogP contribution in [0.4, 0.5) is 11.4 Å². The Kier molecular flexibility index (Phi) is 8.04. The second-order valence-electron chi connectivity index (χ2n) is 7.98. The summed E-state index contributed by atoms with van der Waals surface area (Å²) in [6.45, 7) is 9.27. The van der Waals surface area contributed by atoms with Crippen molar-refractivity contribution in [1.82, 2.24) is 10.9 Å². The Morgan fingerprint density at radius 2 is 1.70 bits per heavy atom. The van der Waals surface area contributed by atoms with Gasteiger partial charge in [-0.2, -0.15) is 0 Å². The highest BCUT2D eigenvalue weighted by molar-refractivity contribution is 7.80. The van der Waals surface area contributed by atoms with E-state index in [4.69, 9.17) is 12.2 Å². The second-order valence-corrected chi connectivity index (χ2v) is 8.38. The fraction of sp³-hybridized carbons (Fsp3) is 0.391. The van der Waals surface area contributed by atoms with E-state index in [0.717, 1.165) is 38.4 Å². The zero-order valence-electron chi connectivity index (χ0n) is 17.8. The number of nitrogens with one attached hydrogen (secondary N) is 4. The lowest BCUT2D eigenvalue weighted by atomic mass is 10.0. The molecule has 2 aromatic rings. The Balaban J connectivity index is 1.32. The molecule has 1 amide bonds. The second kappa shape index (κ2) is 10.9. The van der Waals surface area contributed by atoms with Gasteiger partial charge in [0, 0.05) is 11.4 Å². The van der Waals surface area contributed by atoms with E-state index in [-0.39, 0.29) is 5.91 Å². The minimum Gasteiger partial charge on any atom is -0.360 e. The summed E-state index contributed by atoms with van der Waals surface area (Å²) >= 11 is 5.26. The summed E-state index contributed by atoms with van der Waals surface area (Å²) in [5.74, 6) is 0.444. The molecule has 0 aromatic heterocycles. The molecule has 6 nitrogen and oxygen atoms in total. The number of hydrogen-bond acceptors (Lipinski definition) is 3. The van der Waals surface area contributed by atoms with Crippen molar-refractivity contribution in [2.45, 2.75) is 26.2 Å². The fourth-order valence-corrected chi connectivity index (χ4v) is 3.73. The average Bonchev–Trinajstić information content (AvgIpc) is 2.77. The molecule has 2 aromatic carbocycles. The average molecular weight is 427 g/mol. The number of hydrogen-bond donors (Lipinski definition) is 4. The third-order valence-corrected chi connectivity index (χ3v) is 5.65. The van der Waals surface area contributed by atoms with Crippen molar-refractivity contribution >= 4 is 34.6 Å². The summed E-state index contributed by atoms with van der Waals surface area (Å²) in [6, 6.07) is 18.6. The molecule has 0 radical (unpaired) electrons. The molecule has 0 atom stereocenters. The van der Waals surface area contributed by atoms with Crippen molar-refractivity contribution in [2.75, 3.05) is 42.9 Å². The number of carbonyl (C=O) groups is 1. The van der Waals surface area contributed by atoms with Crippen LogP contribution < -0.4 is 26.0 Å². The number of thiocarbonyl (C=S) groups is 1. The molecule has 1 aliphatic rings. The van der Waals surface area contributed by atoms with Crippen molar-refractivity contribution in [1.29, 1.82) is 0 Å². The van der Waals surface area contributed by atoms with Crippen LogP contribution in [-0.4, -0.2) is 43.7 Å². The molecule has 7 heteroatoms. The fourth-order valence-electron chi connectivity index (χ4n) is 3.56. The first-order chi connectivity index (χ1) is 14.5. The number of nitrogens with zero attached hydrogens (tertiary/aromatic N) is 1. The Labute approximate surface area is 184 Å². The van der Waals surface area contributed by atoms with Gasteiger partial charge >= 0.3 is 0 Å². The number of piperazine rings is 1. The van der Waals surface area contributed by atoms with Crippen LogP contribution in [-0.2, 0) is 4.79 Å². The molecule has 1 fully saturated rings. The molecule has 160 valence electrons. The van der Waals surface area contributed by atoms with Gasteiger partial charge in [-0.15, -0.1) is 0 Å².